The molecular formula is C23H23ClN4O2S. The van der Waals surface area contributed by atoms with Gasteiger partial charge in [0.25, 0.3) is 0 Å². The van der Waals surface area contributed by atoms with E-state index in [-0.39, 0.29) is 5.97 Å². The Morgan fingerprint density at radius 3 is 2.65 bits per heavy atom. The van der Waals surface area contributed by atoms with Crippen molar-refractivity contribution in [2.24, 2.45) is 0 Å². The van der Waals surface area contributed by atoms with E-state index in [2.05, 4.69) is 29.4 Å². The number of nitrogens with zero attached hydrogens (tertiary/aromatic N) is 3. The van der Waals surface area contributed by atoms with Gasteiger partial charge in [0.1, 0.15) is 6.04 Å². The van der Waals surface area contributed by atoms with E-state index in [4.69, 9.17) is 21.4 Å². The van der Waals surface area contributed by atoms with Gasteiger partial charge < -0.3 is 10.1 Å². The molecule has 1 N–H and O–H groups in total. The van der Waals surface area contributed by atoms with Crippen molar-refractivity contribution in [2.75, 3.05) is 11.9 Å². The summed E-state index contributed by atoms with van der Waals surface area (Å²) in [6.07, 6.45) is 0. The minimum atomic E-state index is -0.451. The second-order valence-electron chi connectivity index (χ2n) is 7.22. The summed E-state index contributed by atoms with van der Waals surface area (Å²) < 4.78 is 7.09. The van der Waals surface area contributed by atoms with Crippen LogP contribution in [0.1, 0.15) is 36.6 Å². The lowest BCUT2D eigenvalue weighted by atomic mass is 9.96. The average molecular weight is 455 g/mol. The molecule has 2 heterocycles. The lowest BCUT2D eigenvalue weighted by molar-refractivity contribution is -0.139. The van der Waals surface area contributed by atoms with Gasteiger partial charge in [-0.3, -0.25) is 0 Å². The van der Waals surface area contributed by atoms with E-state index in [1.165, 1.54) is 11.1 Å². The molecule has 0 unspecified atom stereocenters. The summed E-state index contributed by atoms with van der Waals surface area (Å²) in [5.74, 6) is 0.985. The molecule has 1 atom stereocenters. The molecule has 0 saturated heterocycles. The zero-order valence-corrected chi connectivity index (χ0v) is 19.1. The van der Waals surface area contributed by atoms with E-state index in [1.54, 1.807) is 23.4 Å². The Balaban J connectivity index is 1.70. The largest absolute Gasteiger partial charge is 0.463 e. The summed E-state index contributed by atoms with van der Waals surface area (Å²) in [4.78, 5) is 17.5. The fraction of sp³-hybridized carbons (Fsp3) is 0.261. The number of benzene rings is 2. The lowest BCUT2D eigenvalue weighted by Crippen LogP contribution is -2.29. The van der Waals surface area contributed by atoms with Gasteiger partial charge in [0.15, 0.2) is 0 Å². The number of aromatic nitrogens is 3. The summed E-state index contributed by atoms with van der Waals surface area (Å²) in [5.41, 5.74) is 4.57. The van der Waals surface area contributed by atoms with Crippen LogP contribution in [0.15, 0.2) is 65.0 Å². The molecule has 0 saturated carbocycles. The predicted octanol–water partition coefficient (Wildman–Crippen LogP) is 5.38. The number of hydrogen-bond donors (Lipinski definition) is 1. The number of anilines is 1. The fourth-order valence-electron chi connectivity index (χ4n) is 3.53. The highest BCUT2D eigenvalue weighted by Crippen LogP contribution is 2.37. The average Bonchev–Trinajstić information content (AvgIpc) is 3.15. The molecular weight excluding hydrogens is 432 g/mol. The van der Waals surface area contributed by atoms with E-state index in [0.717, 1.165) is 11.3 Å². The number of hydrogen-bond acceptors (Lipinski definition) is 6. The Morgan fingerprint density at radius 1 is 1.19 bits per heavy atom. The van der Waals surface area contributed by atoms with Crippen LogP contribution in [0.25, 0.3) is 0 Å². The molecule has 0 radical (unpaired) electrons. The fourth-order valence-corrected chi connectivity index (χ4v) is 4.56. The molecule has 0 bridgehead atoms. The van der Waals surface area contributed by atoms with E-state index >= 15 is 0 Å². The van der Waals surface area contributed by atoms with Gasteiger partial charge in [-0.05, 0) is 49.6 Å². The number of esters is 1. The molecule has 31 heavy (non-hydrogen) atoms. The monoisotopic (exact) mass is 454 g/mol. The number of halogens is 1. The topological polar surface area (TPSA) is 69.0 Å². The number of allylic oxidation sites excluding steroid dienone is 1. The van der Waals surface area contributed by atoms with Crippen LogP contribution in [0.2, 0.25) is 5.02 Å². The summed E-state index contributed by atoms with van der Waals surface area (Å²) in [7, 11) is 0. The molecule has 1 aliphatic rings. The third-order valence-electron chi connectivity index (χ3n) is 5.13. The van der Waals surface area contributed by atoms with Crippen LogP contribution < -0.4 is 5.32 Å². The number of ether oxygens (including phenoxy) is 1. The van der Waals surface area contributed by atoms with Crippen molar-refractivity contribution in [2.45, 2.75) is 37.7 Å². The van der Waals surface area contributed by atoms with Crippen LogP contribution in [0.4, 0.5) is 5.95 Å². The molecule has 0 aliphatic carbocycles. The van der Waals surface area contributed by atoms with Crippen molar-refractivity contribution in [1.82, 2.24) is 14.8 Å². The summed E-state index contributed by atoms with van der Waals surface area (Å²) in [6.45, 7) is 6.04. The Hall–Kier alpha value is -2.77. The number of carbonyl (C=O) groups excluding carboxylic acids is 1. The van der Waals surface area contributed by atoms with Crippen molar-refractivity contribution in [1.29, 1.82) is 0 Å². The SMILES string of the molecule is CCOC(=O)C1=C(C)Nc2nc(SCc3ccccc3C)nn2[C@H]1c1ccc(Cl)cc1. The second kappa shape index (κ2) is 9.16. The Labute approximate surface area is 190 Å². The number of nitrogens with one attached hydrogen (secondary N) is 1. The van der Waals surface area contributed by atoms with Crippen LogP contribution in [0, 0.1) is 6.92 Å². The quantitative estimate of drug-likeness (QED) is 0.398. The van der Waals surface area contributed by atoms with Gasteiger partial charge in [-0.2, -0.15) is 4.98 Å². The first kappa shape index (κ1) is 21.5. The number of thioether (sulfide) groups is 1. The van der Waals surface area contributed by atoms with Gasteiger partial charge in [0.2, 0.25) is 11.1 Å². The minimum Gasteiger partial charge on any atom is -0.463 e. The van der Waals surface area contributed by atoms with Crippen molar-refractivity contribution in [3.63, 3.8) is 0 Å². The summed E-state index contributed by atoms with van der Waals surface area (Å²) >= 11 is 7.65. The molecule has 3 aromatic rings. The van der Waals surface area contributed by atoms with Gasteiger partial charge in [0, 0.05) is 16.5 Å². The molecule has 0 fully saturated rings. The van der Waals surface area contributed by atoms with Crippen molar-refractivity contribution in [3.05, 3.63) is 81.5 Å². The maximum atomic E-state index is 12.8. The van der Waals surface area contributed by atoms with E-state index < -0.39 is 6.04 Å². The van der Waals surface area contributed by atoms with Crippen LogP contribution in [-0.4, -0.2) is 27.3 Å². The van der Waals surface area contributed by atoms with Crippen molar-refractivity contribution < 1.29 is 9.53 Å². The highest BCUT2D eigenvalue weighted by atomic mass is 35.5. The maximum absolute atomic E-state index is 12.8. The van der Waals surface area contributed by atoms with E-state index in [9.17, 15) is 4.79 Å². The molecule has 4 rings (SSSR count). The van der Waals surface area contributed by atoms with Crippen LogP contribution in [-0.2, 0) is 15.3 Å². The maximum Gasteiger partial charge on any atom is 0.338 e. The lowest BCUT2D eigenvalue weighted by Gasteiger charge is -2.28. The second-order valence-corrected chi connectivity index (χ2v) is 8.59. The zero-order valence-electron chi connectivity index (χ0n) is 17.6. The highest BCUT2D eigenvalue weighted by Gasteiger charge is 2.35. The zero-order chi connectivity index (χ0) is 22.0. The van der Waals surface area contributed by atoms with Crippen molar-refractivity contribution in [3.8, 4) is 0 Å². The number of aryl methyl sites for hydroxylation is 1. The smallest absolute Gasteiger partial charge is 0.338 e. The predicted molar refractivity (Wildman–Crippen MR) is 123 cm³/mol. The van der Waals surface area contributed by atoms with Gasteiger partial charge >= 0.3 is 5.97 Å². The van der Waals surface area contributed by atoms with E-state index in [0.29, 0.717) is 34.0 Å². The normalized spacial score (nSPS) is 15.4. The number of rotatable bonds is 6. The molecule has 2 aromatic carbocycles. The van der Waals surface area contributed by atoms with Gasteiger partial charge in [0.05, 0.1) is 12.2 Å². The summed E-state index contributed by atoms with van der Waals surface area (Å²) in [5, 5.41) is 9.22. The Kier molecular flexibility index (Phi) is 6.34. The molecule has 160 valence electrons. The van der Waals surface area contributed by atoms with E-state index in [1.807, 2.05) is 43.3 Å². The molecule has 6 nitrogen and oxygen atoms in total. The van der Waals surface area contributed by atoms with Gasteiger partial charge in [-0.25, -0.2) is 9.48 Å². The number of fused-ring (bicyclic) bond motifs is 1. The first-order chi connectivity index (χ1) is 15.0. The van der Waals surface area contributed by atoms with Crippen LogP contribution in [0.3, 0.4) is 0 Å². The summed E-state index contributed by atoms with van der Waals surface area (Å²) in [6, 6.07) is 15.2. The molecule has 0 amide bonds. The third kappa shape index (κ3) is 4.48. The van der Waals surface area contributed by atoms with Gasteiger partial charge in [-0.1, -0.05) is 59.8 Å². The Morgan fingerprint density at radius 2 is 1.94 bits per heavy atom. The first-order valence-corrected chi connectivity index (χ1v) is 11.4. The molecule has 8 heteroatoms. The van der Waals surface area contributed by atoms with Crippen LogP contribution >= 0.6 is 23.4 Å². The molecule has 1 aliphatic heterocycles. The van der Waals surface area contributed by atoms with Crippen LogP contribution in [0.5, 0.6) is 0 Å². The van der Waals surface area contributed by atoms with Gasteiger partial charge in [-0.15, -0.1) is 5.10 Å². The Bertz CT molecular complexity index is 1140. The standard InChI is InChI=1S/C23H23ClN4O2S/c1-4-30-21(29)19-15(3)25-22-26-23(31-13-17-8-6-5-7-14(17)2)27-28(22)20(19)16-9-11-18(24)12-10-16/h5-12,20H,4,13H2,1-3H3,(H,25,26,27)/t20-/m0/s1. The molecule has 0 spiro atoms. The minimum absolute atomic E-state index is 0.296. The molecule has 1 aromatic heterocycles. The third-order valence-corrected chi connectivity index (χ3v) is 6.27. The van der Waals surface area contributed by atoms with Crippen molar-refractivity contribution >= 4 is 35.3 Å². The number of carbonyl (C=O) groups is 1. The highest BCUT2D eigenvalue weighted by molar-refractivity contribution is 7.98. The first-order valence-electron chi connectivity index (χ1n) is 10.0.